The minimum atomic E-state index is 0.155. The number of rotatable bonds is 6. The van der Waals surface area contributed by atoms with E-state index in [9.17, 15) is 0 Å². The van der Waals surface area contributed by atoms with Gasteiger partial charge < -0.3 is 15.7 Å². The first kappa shape index (κ1) is 13.1. The molecule has 0 saturated heterocycles. The summed E-state index contributed by atoms with van der Waals surface area (Å²) < 4.78 is 1.10. The number of nitrogens with zero attached hydrogens (tertiary/aromatic N) is 2. The van der Waals surface area contributed by atoms with Crippen LogP contribution in [0.1, 0.15) is 19.8 Å². The third kappa shape index (κ3) is 2.91. The fourth-order valence-corrected chi connectivity index (χ4v) is 2.90. The number of hydrogen-bond acceptors (Lipinski definition) is 5. The summed E-state index contributed by atoms with van der Waals surface area (Å²) in [6, 6.07) is 5.77. The summed E-state index contributed by atoms with van der Waals surface area (Å²) in [5.41, 5.74) is 7.51. The maximum atomic E-state index is 9.13. The molecule has 0 aliphatic carbocycles. The maximum Gasteiger partial charge on any atom is 0.186 e. The number of thiazole rings is 1. The van der Waals surface area contributed by atoms with E-state index in [0.29, 0.717) is 6.54 Å². The number of aliphatic hydroxyl groups is 1. The Morgan fingerprint density at radius 2 is 2.22 bits per heavy atom. The second kappa shape index (κ2) is 6.02. The third-order valence-electron chi connectivity index (χ3n) is 2.82. The van der Waals surface area contributed by atoms with Gasteiger partial charge in [-0.25, -0.2) is 4.98 Å². The number of hydrogen-bond donors (Lipinski definition) is 2. The molecule has 98 valence electrons. The minimum absolute atomic E-state index is 0.155. The Balaban J connectivity index is 2.26. The molecule has 0 spiro atoms. The highest BCUT2D eigenvalue weighted by Gasteiger charge is 2.11. The zero-order valence-corrected chi connectivity index (χ0v) is 11.4. The van der Waals surface area contributed by atoms with Crippen LogP contribution in [0.4, 0.5) is 10.8 Å². The van der Waals surface area contributed by atoms with Crippen molar-refractivity contribution < 1.29 is 5.11 Å². The summed E-state index contributed by atoms with van der Waals surface area (Å²) in [4.78, 5) is 6.75. The molecule has 0 amide bonds. The van der Waals surface area contributed by atoms with E-state index in [1.54, 1.807) is 11.3 Å². The minimum Gasteiger partial charge on any atom is -0.399 e. The van der Waals surface area contributed by atoms with Crippen molar-refractivity contribution in [2.45, 2.75) is 19.8 Å². The van der Waals surface area contributed by atoms with Crippen LogP contribution in [0.2, 0.25) is 0 Å². The topological polar surface area (TPSA) is 62.4 Å². The van der Waals surface area contributed by atoms with Crippen LogP contribution in [-0.2, 0) is 0 Å². The monoisotopic (exact) mass is 265 g/mol. The first-order chi connectivity index (χ1) is 8.74. The van der Waals surface area contributed by atoms with Crippen LogP contribution < -0.4 is 10.6 Å². The Morgan fingerprint density at radius 1 is 1.39 bits per heavy atom. The Labute approximate surface area is 111 Å². The van der Waals surface area contributed by atoms with Crippen LogP contribution in [0.25, 0.3) is 10.2 Å². The van der Waals surface area contributed by atoms with E-state index in [2.05, 4.69) is 16.8 Å². The van der Waals surface area contributed by atoms with Crippen molar-refractivity contribution in [3.05, 3.63) is 18.2 Å². The molecule has 1 heterocycles. The van der Waals surface area contributed by atoms with Gasteiger partial charge in [-0.2, -0.15) is 0 Å². The molecule has 0 bridgehead atoms. The summed E-state index contributed by atoms with van der Waals surface area (Å²) in [5.74, 6) is 0. The van der Waals surface area contributed by atoms with Gasteiger partial charge in [-0.15, -0.1) is 0 Å². The van der Waals surface area contributed by atoms with Crippen molar-refractivity contribution in [1.82, 2.24) is 4.98 Å². The van der Waals surface area contributed by atoms with Crippen LogP contribution >= 0.6 is 11.3 Å². The van der Waals surface area contributed by atoms with E-state index in [-0.39, 0.29) is 6.61 Å². The van der Waals surface area contributed by atoms with E-state index in [4.69, 9.17) is 10.8 Å². The number of anilines is 2. The molecule has 18 heavy (non-hydrogen) atoms. The van der Waals surface area contributed by atoms with Gasteiger partial charge in [0.25, 0.3) is 0 Å². The Bertz CT molecular complexity index is 512. The van der Waals surface area contributed by atoms with Gasteiger partial charge in [-0.3, -0.25) is 0 Å². The molecule has 2 aromatic rings. The predicted molar refractivity (Wildman–Crippen MR) is 78.2 cm³/mol. The molecule has 4 nitrogen and oxygen atoms in total. The smallest absolute Gasteiger partial charge is 0.186 e. The lowest BCUT2D eigenvalue weighted by Crippen LogP contribution is -2.27. The number of benzene rings is 1. The van der Waals surface area contributed by atoms with Crippen LogP contribution in [0.15, 0.2) is 18.2 Å². The van der Waals surface area contributed by atoms with Gasteiger partial charge in [0.2, 0.25) is 0 Å². The van der Waals surface area contributed by atoms with Gasteiger partial charge in [0.1, 0.15) is 0 Å². The quantitative estimate of drug-likeness (QED) is 0.788. The zero-order valence-electron chi connectivity index (χ0n) is 10.6. The first-order valence-electron chi connectivity index (χ1n) is 6.26. The normalized spacial score (nSPS) is 11.0. The summed E-state index contributed by atoms with van der Waals surface area (Å²) >= 11 is 1.63. The van der Waals surface area contributed by atoms with E-state index >= 15 is 0 Å². The molecule has 0 atom stereocenters. The highest BCUT2D eigenvalue weighted by molar-refractivity contribution is 7.22. The fraction of sp³-hybridized carbons (Fsp3) is 0.462. The lowest BCUT2D eigenvalue weighted by molar-refractivity contribution is 0.301. The van der Waals surface area contributed by atoms with Crippen molar-refractivity contribution in [2.24, 2.45) is 0 Å². The summed E-state index contributed by atoms with van der Waals surface area (Å²) in [5, 5.41) is 10.1. The predicted octanol–water partition coefficient (Wildman–Crippen LogP) is 2.48. The standard InChI is InChI=1S/C13H19N3OS/c1-2-3-6-16(7-8-17)13-15-11-5-4-10(14)9-12(11)18-13/h4-5,9,17H,2-3,6-8,14H2,1H3. The molecule has 1 aromatic carbocycles. The van der Waals surface area contributed by atoms with E-state index in [0.717, 1.165) is 40.4 Å². The van der Waals surface area contributed by atoms with Crippen molar-refractivity contribution in [1.29, 1.82) is 0 Å². The van der Waals surface area contributed by atoms with Crippen molar-refractivity contribution in [3.8, 4) is 0 Å². The van der Waals surface area contributed by atoms with Gasteiger partial charge in [0, 0.05) is 18.8 Å². The van der Waals surface area contributed by atoms with Gasteiger partial charge in [-0.1, -0.05) is 24.7 Å². The molecular weight excluding hydrogens is 246 g/mol. The highest BCUT2D eigenvalue weighted by atomic mass is 32.1. The van der Waals surface area contributed by atoms with Gasteiger partial charge >= 0.3 is 0 Å². The SMILES string of the molecule is CCCCN(CCO)c1nc2ccc(N)cc2s1. The number of aliphatic hydroxyl groups excluding tert-OH is 1. The largest absolute Gasteiger partial charge is 0.399 e. The Hall–Kier alpha value is -1.33. The van der Waals surface area contributed by atoms with E-state index in [1.165, 1.54) is 0 Å². The van der Waals surface area contributed by atoms with Gasteiger partial charge in [0.05, 0.1) is 16.8 Å². The molecule has 0 saturated carbocycles. The molecule has 0 radical (unpaired) electrons. The van der Waals surface area contributed by atoms with Crippen LogP contribution in [-0.4, -0.2) is 29.8 Å². The van der Waals surface area contributed by atoms with E-state index < -0.39 is 0 Å². The number of unbranched alkanes of at least 4 members (excludes halogenated alkanes) is 1. The molecule has 0 unspecified atom stereocenters. The molecule has 2 rings (SSSR count). The summed E-state index contributed by atoms with van der Waals surface area (Å²) in [6.07, 6.45) is 2.25. The zero-order chi connectivity index (χ0) is 13.0. The second-order valence-corrected chi connectivity index (χ2v) is 5.30. The van der Waals surface area contributed by atoms with Crippen LogP contribution in [0.5, 0.6) is 0 Å². The van der Waals surface area contributed by atoms with Crippen molar-refractivity contribution in [2.75, 3.05) is 30.3 Å². The van der Waals surface area contributed by atoms with Crippen LogP contribution in [0, 0.1) is 0 Å². The molecule has 1 aromatic heterocycles. The highest BCUT2D eigenvalue weighted by Crippen LogP contribution is 2.30. The molecule has 3 N–H and O–H groups in total. The lowest BCUT2D eigenvalue weighted by Gasteiger charge is -2.19. The number of fused-ring (bicyclic) bond motifs is 1. The molecule has 0 aliphatic heterocycles. The van der Waals surface area contributed by atoms with Gasteiger partial charge in [0.15, 0.2) is 5.13 Å². The van der Waals surface area contributed by atoms with Gasteiger partial charge in [-0.05, 0) is 24.6 Å². The number of nitrogens with two attached hydrogens (primary N) is 1. The Kier molecular flexibility index (Phi) is 4.38. The molecule has 5 heteroatoms. The number of aromatic nitrogens is 1. The van der Waals surface area contributed by atoms with Crippen molar-refractivity contribution >= 4 is 32.4 Å². The third-order valence-corrected chi connectivity index (χ3v) is 3.90. The van der Waals surface area contributed by atoms with Crippen LogP contribution in [0.3, 0.4) is 0 Å². The fourth-order valence-electron chi connectivity index (χ4n) is 1.84. The molecule has 0 fully saturated rings. The number of nitrogen functional groups attached to an aromatic ring is 1. The molecule has 0 aliphatic rings. The average Bonchev–Trinajstić information content (AvgIpc) is 2.77. The van der Waals surface area contributed by atoms with Crippen molar-refractivity contribution in [3.63, 3.8) is 0 Å². The second-order valence-electron chi connectivity index (χ2n) is 4.29. The Morgan fingerprint density at radius 3 is 2.94 bits per heavy atom. The first-order valence-corrected chi connectivity index (χ1v) is 7.08. The summed E-state index contributed by atoms with van der Waals surface area (Å²) in [6.45, 7) is 3.89. The summed E-state index contributed by atoms with van der Waals surface area (Å²) in [7, 11) is 0. The lowest BCUT2D eigenvalue weighted by atomic mass is 10.3. The van der Waals surface area contributed by atoms with E-state index in [1.807, 2.05) is 18.2 Å². The average molecular weight is 265 g/mol. The molecular formula is C13H19N3OS. The maximum absolute atomic E-state index is 9.13.